The van der Waals surface area contributed by atoms with E-state index < -0.39 is 17.7 Å². The number of benzene rings is 2. The van der Waals surface area contributed by atoms with E-state index in [0.717, 1.165) is 6.07 Å². The van der Waals surface area contributed by atoms with Crippen molar-refractivity contribution in [2.45, 2.75) is 6.18 Å². The van der Waals surface area contributed by atoms with Crippen molar-refractivity contribution in [2.24, 2.45) is 0 Å². The minimum absolute atomic E-state index is 0.00998. The second-order valence-corrected chi connectivity index (χ2v) is 4.14. The van der Waals surface area contributed by atoms with Crippen LogP contribution in [0.1, 0.15) is 15.9 Å². The predicted octanol–water partition coefficient (Wildman–Crippen LogP) is 4.68. The molecule has 0 radical (unpaired) electrons. The van der Waals surface area contributed by atoms with Crippen molar-refractivity contribution in [3.8, 4) is 11.1 Å². The summed E-state index contributed by atoms with van der Waals surface area (Å²) in [5.74, 6) is -1.03. The number of halogens is 4. The zero-order valence-electron chi connectivity index (χ0n) is 9.95. The molecule has 0 atom stereocenters. The Hall–Kier alpha value is -2.01. The van der Waals surface area contributed by atoms with Crippen molar-refractivity contribution in [3.63, 3.8) is 0 Å². The lowest BCUT2D eigenvalue weighted by atomic mass is 9.97. The fraction of sp³-hybridized carbons (Fsp3) is 0.0714. The van der Waals surface area contributed by atoms with E-state index in [9.17, 15) is 18.0 Å². The van der Waals surface area contributed by atoms with Crippen molar-refractivity contribution in [2.75, 3.05) is 0 Å². The van der Waals surface area contributed by atoms with Crippen molar-refractivity contribution in [3.05, 3.63) is 59.7 Å². The van der Waals surface area contributed by atoms with E-state index in [1.54, 1.807) is 30.3 Å². The first kappa shape index (κ1) is 14.4. The van der Waals surface area contributed by atoms with Crippen molar-refractivity contribution < 1.29 is 22.3 Å². The van der Waals surface area contributed by atoms with Crippen LogP contribution in [0.4, 0.5) is 13.2 Å². The maximum absolute atomic E-state index is 13.1. The normalized spacial score (nSPS) is 11.2. The first-order chi connectivity index (χ1) is 9.43. The third kappa shape index (κ3) is 2.93. The van der Waals surface area contributed by atoms with Crippen LogP contribution in [0.5, 0.6) is 0 Å². The van der Waals surface area contributed by atoms with Gasteiger partial charge < -0.3 is 4.29 Å². The number of alkyl halides is 3. The summed E-state index contributed by atoms with van der Waals surface area (Å²) in [5.41, 5.74) is -0.773. The summed E-state index contributed by atoms with van der Waals surface area (Å²) in [6, 6.07) is 11.3. The van der Waals surface area contributed by atoms with Crippen LogP contribution in [-0.2, 0) is 10.5 Å². The van der Waals surface area contributed by atoms with E-state index in [0.29, 0.717) is 5.56 Å². The number of hydrogen-bond acceptors (Lipinski definition) is 2. The van der Waals surface area contributed by atoms with Gasteiger partial charge in [-0.3, -0.25) is 0 Å². The van der Waals surface area contributed by atoms with Gasteiger partial charge in [0.25, 0.3) is 0 Å². The lowest BCUT2D eigenvalue weighted by Crippen LogP contribution is -2.10. The average molecular weight is 301 g/mol. The molecule has 0 aliphatic rings. The zero-order chi connectivity index (χ0) is 14.8. The van der Waals surface area contributed by atoms with Gasteiger partial charge >= 0.3 is 12.1 Å². The van der Waals surface area contributed by atoms with E-state index in [2.05, 4.69) is 4.29 Å². The summed E-state index contributed by atoms with van der Waals surface area (Å²) in [6.45, 7) is 0. The quantitative estimate of drug-likeness (QED) is 0.804. The summed E-state index contributed by atoms with van der Waals surface area (Å²) >= 11 is 4.88. The first-order valence-electron chi connectivity index (χ1n) is 5.53. The van der Waals surface area contributed by atoms with Crippen LogP contribution in [0, 0.1) is 0 Å². The molecule has 0 spiro atoms. The van der Waals surface area contributed by atoms with Gasteiger partial charge in [-0.2, -0.15) is 13.2 Å². The maximum Gasteiger partial charge on any atom is 0.417 e. The van der Waals surface area contributed by atoms with Gasteiger partial charge in [0.15, 0.2) is 0 Å². The van der Waals surface area contributed by atoms with Crippen LogP contribution in [0.15, 0.2) is 48.5 Å². The number of rotatable bonds is 2. The van der Waals surface area contributed by atoms with Gasteiger partial charge in [-0.1, -0.05) is 36.4 Å². The maximum atomic E-state index is 13.1. The van der Waals surface area contributed by atoms with E-state index in [4.69, 9.17) is 11.9 Å². The molecule has 2 nitrogen and oxygen atoms in total. The molecule has 2 aromatic carbocycles. The van der Waals surface area contributed by atoms with Gasteiger partial charge in [-0.05, 0) is 23.3 Å². The van der Waals surface area contributed by atoms with Crippen LogP contribution in [0.3, 0.4) is 0 Å². The highest BCUT2D eigenvalue weighted by Crippen LogP contribution is 2.37. The van der Waals surface area contributed by atoms with Gasteiger partial charge in [-0.15, -0.1) is 0 Å². The summed E-state index contributed by atoms with van der Waals surface area (Å²) in [6.07, 6.45) is -4.59. The summed E-state index contributed by atoms with van der Waals surface area (Å²) in [4.78, 5) is 11.2. The Labute approximate surface area is 117 Å². The highest BCUT2D eigenvalue weighted by molar-refractivity contribution is 6.15. The molecule has 0 amide bonds. The topological polar surface area (TPSA) is 26.3 Å². The smallest absolute Gasteiger partial charge is 0.343 e. The molecule has 0 fully saturated rings. The number of carbonyl (C=O) groups excluding carboxylic acids is 1. The molecule has 2 aromatic rings. The Balaban J connectivity index is 2.61. The van der Waals surface area contributed by atoms with E-state index in [-0.39, 0.29) is 11.1 Å². The number of hydrogen-bond donors (Lipinski definition) is 0. The molecule has 0 saturated carbocycles. The standard InChI is InChI=1S/C14H8ClF3O2/c15-20-13(19)10-6-7-11(9-4-2-1-3-5-9)12(8-10)14(16,17)18/h1-8H. The molecule has 0 aliphatic heterocycles. The SMILES string of the molecule is O=C(OCl)c1ccc(-c2ccccc2)c(C(F)(F)F)c1. The number of carbonyl (C=O) groups is 1. The second kappa shape index (κ2) is 5.54. The van der Waals surface area contributed by atoms with Crippen molar-refractivity contribution in [1.82, 2.24) is 0 Å². The largest absolute Gasteiger partial charge is 0.417 e. The van der Waals surface area contributed by atoms with Crippen LogP contribution in [0.25, 0.3) is 11.1 Å². The van der Waals surface area contributed by atoms with E-state index in [1.807, 2.05) is 0 Å². The molecule has 0 aromatic heterocycles. The Kier molecular flexibility index (Phi) is 3.99. The van der Waals surface area contributed by atoms with Gasteiger partial charge in [-0.25, -0.2) is 4.79 Å². The van der Waals surface area contributed by atoms with Gasteiger partial charge in [0.2, 0.25) is 0 Å². The van der Waals surface area contributed by atoms with E-state index in [1.165, 1.54) is 12.1 Å². The minimum Gasteiger partial charge on any atom is -0.343 e. The van der Waals surface area contributed by atoms with Gasteiger partial charge in [0, 0.05) is 0 Å². The second-order valence-electron chi connectivity index (χ2n) is 3.99. The molecule has 0 bridgehead atoms. The Morgan fingerprint density at radius 1 is 1.05 bits per heavy atom. The molecule has 20 heavy (non-hydrogen) atoms. The molecule has 0 saturated heterocycles. The first-order valence-corrected chi connectivity index (χ1v) is 5.84. The third-order valence-electron chi connectivity index (χ3n) is 2.72. The van der Waals surface area contributed by atoms with Crippen LogP contribution in [-0.4, -0.2) is 5.97 Å². The monoisotopic (exact) mass is 300 g/mol. The van der Waals surface area contributed by atoms with Crippen LogP contribution < -0.4 is 0 Å². The van der Waals surface area contributed by atoms with E-state index >= 15 is 0 Å². The molecule has 0 unspecified atom stereocenters. The Morgan fingerprint density at radius 2 is 1.70 bits per heavy atom. The third-order valence-corrected chi connectivity index (χ3v) is 2.86. The molecule has 104 valence electrons. The van der Waals surface area contributed by atoms with Gasteiger partial charge in [0.1, 0.15) is 11.9 Å². The van der Waals surface area contributed by atoms with Crippen LogP contribution >= 0.6 is 11.9 Å². The molecule has 0 heterocycles. The molecule has 6 heteroatoms. The molecule has 2 rings (SSSR count). The Morgan fingerprint density at radius 3 is 2.25 bits per heavy atom. The predicted molar refractivity (Wildman–Crippen MR) is 68.1 cm³/mol. The molecule has 0 N–H and O–H groups in total. The fourth-order valence-electron chi connectivity index (χ4n) is 1.82. The van der Waals surface area contributed by atoms with Gasteiger partial charge in [0.05, 0.1) is 11.1 Å². The summed E-state index contributed by atoms with van der Waals surface area (Å²) in [5, 5.41) is 0. The summed E-state index contributed by atoms with van der Waals surface area (Å²) < 4.78 is 43.2. The molecular weight excluding hydrogens is 293 g/mol. The minimum atomic E-state index is -4.59. The molecule has 0 aliphatic carbocycles. The highest BCUT2D eigenvalue weighted by atomic mass is 35.5. The fourth-order valence-corrected chi connectivity index (χ4v) is 1.91. The highest BCUT2D eigenvalue weighted by Gasteiger charge is 2.34. The van der Waals surface area contributed by atoms with Crippen LogP contribution in [0.2, 0.25) is 0 Å². The lowest BCUT2D eigenvalue weighted by molar-refractivity contribution is -0.137. The van der Waals surface area contributed by atoms with Crippen molar-refractivity contribution >= 4 is 17.8 Å². The lowest BCUT2D eigenvalue weighted by Gasteiger charge is -2.14. The Bertz CT molecular complexity index is 624. The average Bonchev–Trinajstić information content (AvgIpc) is 2.46. The summed E-state index contributed by atoms with van der Waals surface area (Å²) in [7, 11) is 0. The zero-order valence-corrected chi connectivity index (χ0v) is 10.7. The molecular formula is C14H8ClF3O2. The van der Waals surface area contributed by atoms with Crippen molar-refractivity contribution in [1.29, 1.82) is 0 Å².